The van der Waals surface area contributed by atoms with Gasteiger partial charge in [-0.05, 0) is 61.7 Å². The fourth-order valence-corrected chi connectivity index (χ4v) is 3.23. The molecule has 0 radical (unpaired) electrons. The van der Waals surface area contributed by atoms with Gasteiger partial charge in [-0.1, -0.05) is 37.9 Å². The molecule has 2 aromatic rings. The highest BCUT2D eigenvalue weighted by molar-refractivity contribution is 6.30. The maximum absolute atomic E-state index is 13.0. The summed E-state index contributed by atoms with van der Waals surface area (Å²) in [5, 5.41) is 9.02. The molecule has 178 valence electrons. The third-order valence-electron chi connectivity index (χ3n) is 5.24. The highest BCUT2D eigenvalue weighted by atomic mass is 35.5. The molecule has 2 aromatic carbocycles. The number of halogens is 1. The van der Waals surface area contributed by atoms with Crippen LogP contribution < -0.4 is 16.0 Å². The Morgan fingerprint density at radius 2 is 1.73 bits per heavy atom. The van der Waals surface area contributed by atoms with Gasteiger partial charge in [-0.3, -0.25) is 14.4 Å². The average molecular weight is 474 g/mol. The van der Waals surface area contributed by atoms with E-state index in [4.69, 9.17) is 16.3 Å². The molecule has 3 amide bonds. The maximum Gasteiger partial charge on any atom is 0.251 e. The largest absolute Gasteiger partial charge is 0.382 e. The fraction of sp³-hybridized carbons (Fsp3) is 0.400. The van der Waals surface area contributed by atoms with Crippen LogP contribution in [0.2, 0.25) is 5.02 Å². The highest BCUT2D eigenvalue weighted by Gasteiger charge is 2.26. The summed E-state index contributed by atoms with van der Waals surface area (Å²) in [4.78, 5) is 38.1. The molecule has 3 N–H and O–H groups in total. The van der Waals surface area contributed by atoms with Crippen molar-refractivity contribution >= 4 is 35.0 Å². The monoisotopic (exact) mass is 473 g/mol. The number of hydrogen-bond acceptors (Lipinski definition) is 4. The molecule has 2 rings (SSSR count). The minimum absolute atomic E-state index is 0.0990. The van der Waals surface area contributed by atoms with E-state index in [1.807, 2.05) is 20.8 Å². The SMILES string of the molecule is CCOCCCNC(=O)c1cccc(NC(=O)C(NC(=O)c2ccc(Cl)cc2)C(C)CC)c1. The summed E-state index contributed by atoms with van der Waals surface area (Å²) < 4.78 is 5.26. The highest BCUT2D eigenvalue weighted by Crippen LogP contribution is 2.16. The van der Waals surface area contributed by atoms with Gasteiger partial charge < -0.3 is 20.7 Å². The van der Waals surface area contributed by atoms with Gasteiger partial charge in [0.1, 0.15) is 6.04 Å². The number of nitrogens with one attached hydrogen (secondary N) is 3. The Hall–Kier alpha value is -2.90. The molecule has 0 bridgehead atoms. The van der Waals surface area contributed by atoms with Gasteiger partial charge in [-0.15, -0.1) is 0 Å². The minimum Gasteiger partial charge on any atom is -0.382 e. The van der Waals surface area contributed by atoms with Gasteiger partial charge >= 0.3 is 0 Å². The van der Waals surface area contributed by atoms with Crippen LogP contribution in [-0.4, -0.2) is 43.5 Å². The van der Waals surface area contributed by atoms with Crippen molar-refractivity contribution in [1.82, 2.24) is 10.6 Å². The van der Waals surface area contributed by atoms with Crippen LogP contribution >= 0.6 is 11.6 Å². The van der Waals surface area contributed by atoms with Gasteiger partial charge in [-0.25, -0.2) is 0 Å². The van der Waals surface area contributed by atoms with Crippen LogP contribution in [0.3, 0.4) is 0 Å². The van der Waals surface area contributed by atoms with E-state index in [2.05, 4.69) is 16.0 Å². The topological polar surface area (TPSA) is 96.5 Å². The summed E-state index contributed by atoms with van der Waals surface area (Å²) in [6, 6.07) is 12.4. The molecular weight excluding hydrogens is 442 g/mol. The molecule has 2 unspecified atom stereocenters. The molecule has 7 nitrogen and oxygen atoms in total. The van der Waals surface area contributed by atoms with Crippen LogP contribution in [0.1, 0.15) is 54.3 Å². The number of carbonyl (C=O) groups is 3. The predicted molar refractivity (Wildman–Crippen MR) is 131 cm³/mol. The summed E-state index contributed by atoms with van der Waals surface area (Å²) in [6.07, 6.45) is 1.42. The minimum atomic E-state index is -0.741. The van der Waals surface area contributed by atoms with E-state index in [1.165, 1.54) is 0 Å². The van der Waals surface area contributed by atoms with E-state index < -0.39 is 6.04 Å². The number of ether oxygens (including phenoxy) is 1. The number of carbonyl (C=O) groups excluding carboxylic acids is 3. The lowest BCUT2D eigenvalue weighted by Crippen LogP contribution is -2.47. The Morgan fingerprint density at radius 1 is 1.00 bits per heavy atom. The van der Waals surface area contributed by atoms with Crippen molar-refractivity contribution in [3.8, 4) is 0 Å². The van der Waals surface area contributed by atoms with Gasteiger partial charge in [0.15, 0.2) is 0 Å². The Balaban J connectivity index is 2.03. The van der Waals surface area contributed by atoms with Crippen molar-refractivity contribution in [1.29, 1.82) is 0 Å². The van der Waals surface area contributed by atoms with E-state index in [0.717, 1.165) is 6.42 Å². The first-order valence-electron chi connectivity index (χ1n) is 11.2. The quantitative estimate of drug-likeness (QED) is 0.401. The van der Waals surface area contributed by atoms with E-state index >= 15 is 0 Å². The maximum atomic E-state index is 13.0. The molecule has 0 saturated carbocycles. The molecule has 0 aliphatic rings. The molecule has 2 atom stereocenters. The fourth-order valence-electron chi connectivity index (χ4n) is 3.11. The molecule has 8 heteroatoms. The smallest absolute Gasteiger partial charge is 0.251 e. The lowest BCUT2D eigenvalue weighted by atomic mass is 9.97. The summed E-state index contributed by atoms with van der Waals surface area (Å²) in [5.74, 6) is -1.02. The van der Waals surface area contributed by atoms with Crippen LogP contribution in [-0.2, 0) is 9.53 Å². The van der Waals surface area contributed by atoms with Crippen molar-refractivity contribution in [2.24, 2.45) is 5.92 Å². The lowest BCUT2D eigenvalue weighted by molar-refractivity contribution is -0.119. The van der Waals surface area contributed by atoms with Crippen molar-refractivity contribution in [3.63, 3.8) is 0 Å². The van der Waals surface area contributed by atoms with Crippen molar-refractivity contribution in [2.45, 2.75) is 39.7 Å². The zero-order chi connectivity index (χ0) is 24.2. The lowest BCUT2D eigenvalue weighted by Gasteiger charge is -2.23. The van der Waals surface area contributed by atoms with Crippen molar-refractivity contribution in [2.75, 3.05) is 25.1 Å². The van der Waals surface area contributed by atoms with Crippen molar-refractivity contribution in [3.05, 3.63) is 64.7 Å². The van der Waals surface area contributed by atoms with Crippen LogP contribution in [0.15, 0.2) is 48.5 Å². The average Bonchev–Trinajstić information content (AvgIpc) is 2.82. The van der Waals surface area contributed by atoms with E-state index in [-0.39, 0.29) is 23.6 Å². The molecule has 33 heavy (non-hydrogen) atoms. The summed E-state index contributed by atoms with van der Waals surface area (Å²) >= 11 is 5.89. The number of benzene rings is 2. The first-order valence-corrected chi connectivity index (χ1v) is 11.6. The molecule has 0 heterocycles. The zero-order valence-corrected chi connectivity index (χ0v) is 20.1. The summed E-state index contributed by atoms with van der Waals surface area (Å²) in [5.41, 5.74) is 1.34. The zero-order valence-electron chi connectivity index (χ0n) is 19.3. The Bertz CT molecular complexity index is 934. The van der Waals surface area contributed by atoms with Gasteiger partial charge in [-0.2, -0.15) is 0 Å². The van der Waals surface area contributed by atoms with Gasteiger partial charge in [0.2, 0.25) is 5.91 Å². The number of hydrogen-bond donors (Lipinski definition) is 3. The third kappa shape index (κ3) is 8.51. The molecule has 0 aliphatic carbocycles. The number of anilines is 1. The predicted octanol–water partition coefficient (Wildman–Crippen LogP) is 4.28. The second kappa shape index (κ2) is 13.6. The second-order valence-electron chi connectivity index (χ2n) is 7.72. The Labute approximate surface area is 200 Å². The summed E-state index contributed by atoms with van der Waals surface area (Å²) in [6.45, 7) is 7.52. The van der Waals surface area contributed by atoms with Gasteiger partial charge in [0.25, 0.3) is 11.8 Å². The first kappa shape index (κ1) is 26.4. The van der Waals surface area contributed by atoms with Crippen molar-refractivity contribution < 1.29 is 19.1 Å². The standard InChI is InChI=1S/C25H32ClN3O4/c1-4-17(3)22(29-24(31)18-10-12-20(26)13-11-18)25(32)28-21-9-6-8-19(16-21)23(30)27-14-7-15-33-5-2/h6,8-13,16-17,22H,4-5,7,14-15H2,1-3H3,(H,27,30)(H,28,32)(H,29,31). The van der Waals surface area contributed by atoms with Gasteiger partial charge in [0.05, 0.1) is 0 Å². The van der Waals surface area contributed by atoms with E-state index in [0.29, 0.717) is 48.0 Å². The normalized spacial score (nSPS) is 12.5. The molecular formula is C25H32ClN3O4. The van der Waals surface area contributed by atoms with Crippen LogP contribution in [0.25, 0.3) is 0 Å². The number of amides is 3. The first-order chi connectivity index (χ1) is 15.8. The molecule has 0 aliphatic heterocycles. The molecule has 0 spiro atoms. The van der Waals surface area contributed by atoms with Crippen LogP contribution in [0.5, 0.6) is 0 Å². The second-order valence-corrected chi connectivity index (χ2v) is 8.16. The number of rotatable bonds is 12. The molecule has 0 aromatic heterocycles. The third-order valence-corrected chi connectivity index (χ3v) is 5.49. The summed E-state index contributed by atoms with van der Waals surface area (Å²) in [7, 11) is 0. The molecule has 0 saturated heterocycles. The Kier molecular flexibility index (Phi) is 10.9. The Morgan fingerprint density at radius 3 is 2.39 bits per heavy atom. The molecule has 0 fully saturated rings. The van der Waals surface area contributed by atoms with Gasteiger partial charge in [0, 0.05) is 41.6 Å². The van der Waals surface area contributed by atoms with E-state index in [1.54, 1.807) is 48.5 Å². The van der Waals surface area contributed by atoms with Crippen LogP contribution in [0, 0.1) is 5.92 Å². The van der Waals surface area contributed by atoms with Crippen LogP contribution in [0.4, 0.5) is 5.69 Å². The van der Waals surface area contributed by atoms with E-state index in [9.17, 15) is 14.4 Å².